The molecule has 0 aliphatic heterocycles. The van der Waals surface area contributed by atoms with E-state index in [0.717, 1.165) is 12.0 Å². The van der Waals surface area contributed by atoms with Gasteiger partial charge in [-0.2, -0.15) is 0 Å². The van der Waals surface area contributed by atoms with Gasteiger partial charge in [0.25, 0.3) is 0 Å². The molecule has 0 aliphatic carbocycles. The second-order valence-corrected chi connectivity index (χ2v) is 8.84. The van der Waals surface area contributed by atoms with E-state index in [4.69, 9.17) is 5.11 Å². The van der Waals surface area contributed by atoms with Gasteiger partial charge in [-0.25, -0.2) is 0 Å². The van der Waals surface area contributed by atoms with Crippen LogP contribution in [0.25, 0.3) is 0 Å². The first kappa shape index (κ1) is 23.0. The van der Waals surface area contributed by atoms with E-state index in [1.54, 1.807) is 6.92 Å². The minimum absolute atomic E-state index is 0.0863. The van der Waals surface area contributed by atoms with Crippen molar-refractivity contribution in [2.75, 3.05) is 13.2 Å². The van der Waals surface area contributed by atoms with E-state index < -0.39 is 18.0 Å². The predicted octanol–water partition coefficient (Wildman–Crippen LogP) is 2.09. The molecule has 140 valence electrons. The number of aliphatic hydroxyl groups is 2. The van der Waals surface area contributed by atoms with Crippen molar-refractivity contribution in [2.24, 2.45) is 0 Å². The third-order valence-electron chi connectivity index (χ3n) is 3.30. The summed E-state index contributed by atoms with van der Waals surface area (Å²) in [5.74, 6) is -0.203. The van der Waals surface area contributed by atoms with Gasteiger partial charge in [0.2, 0.25) is 5.91 Å². The first-order valence-electron chi connectivity index (χ1n) is 8.17. The van der Waals surface area contributed by atoms with Crippen LogP contribution in [0.4, 0.5) is 0 Å². The standard InChI is InChI=1S/C17H32N2O4S/c1-13(2)15(10-9-14(21)12-20)19-16(22)8-6-7-11-18-24(23)17(3,4)5/h9,15,18,20-21H,1,6-8,10-12H2,2-5H3,(H,19,22)/b14-9+. The number of hydrogen-bond acceptors (Lipinski definition) is 5. The van der Waals surface area contributed by atoms with Crippen molar-refractivity contribution in [2.45, 2.75) is 64.2 Å². The quantitative estimate of drug-likeness (QED) is 0.195. The highest BCUT2D eigenvalue weighted by Gasteiger charge is 2.25. The number of aliphatic hydroxyl groups excluding tert-OH is 2. The van der Waals surface area contributed by atoms with Crippen molar-refractivity contribution in [1.82, 2.24) is 10.0 Å². The average molecular weight is 361 g/mol. The van der Waals surface area contributed by atoms with Crippen LogP contribution >= 0.6 is 0 Å². The molecule has 2 atom stereocenters. The zero-order valence-electron chi connectivity index (χ0n) is 15.2. The average Bonchev–Trinajstić information content (AvgIpc) is 2.49. The summed E-state index contributed by atoms with van der Waals surface area (Å²) in [5, 5.41) is 20.9. The van der Waals surface area contributed by atoms with Crippen LogP contribution in [-0.2, 0) is 16.2 Å². The molecule has 4 N–H and O–H groups in total. The Morgan fingerprint density at radius 1 is 1.38 bits per heavy atom. The zero-order valence-corrected chi connectivity index (χ0v) is 16.0. The van der Waals surface area contributed by atoms with E-state index in [2.05, 4.69) is 16.6 Å². The molecule has 0 radical (unpaired) electrons. The van der Waals surface area contributed by atoms with E-state index in [1.807, 2.05) is 20.8 Å². The second-order valence-electron chi connectivity index (χ2n) is 6.79. The van der Waals surface area contributed by atoms with Crippen LogP contribution < -0.4 is 10.0 Å². The summed E-state index contributed by atoms with van der Waals surface area (Å²) in [6.45, 7) is 11.5. The van der Waals surface area contributed by atoms with Gasteiger partial charge in [-0.05, 0) is 53.0 Å². The smallest absolute Gasteiger partial charge is 0.220 e. The maximum absolute atomic E-state index is 12.0. The Morgan fingerprint density at radius 3 is 2.50 bits per heavy atom. The molecule has 0 aromatic heterocycles. The maximum atomic E-state index is 12.0. The van der Waals surface area contributed by atoms with Gasteiger partial charge in [0, 0.05) is 24.3 Å². The molecule has 2 unspecified atom stereocenters. The van der Waals surface area contributed by atoms with Gasteiger partial charge in [0.1, 0.15) is 10.5 Å². The van der Waals surface area contributed by atoms with Crippen molar-refractivity contribution in [3.63, 3.8) is 0 Å². The molecule has 0 aliphatic rings. The first-order valence-corrected chi connectivity index (χ1v) is 9.32. The van der Waals surface area contributed by atoms with Crippen LogP contribution in [-0.4, -0.2) is 44.6 Å². The maximum Gasteiger partial charge on any atom is 0.220 e. The fraction of sp³-hybridized carbons (Fsp3) is 0.706. The normalized spacial score (nSPS) is 15.0. The number of carbonyl (C=O) groups is 1. The SMILES string of the molecule is C=C(C)C(C/C=C(/O)CO)NC(=O)CCCCN[S+]([O-])C(C)(C)C. The molecule has 0 spiro atoms. The molecule has 0 fully saturated rings. The van der Waals surface area contributed by atoms with Crippen LogP contribution in [0.15, 0.2) is 24.0 Å². The highest BCUT2D eigenvalue weighted by Crippen LogP contribution is 2.13. The Kier molecular flexibility index (Phi) is 11.0. The highest BCUT2D eigenvalue weighted by molar-refractivity contribution is 7.90. The Hall–Kier alpha value is -1.02. The first-order chi connectivity index (χ1) is 11.1. The fourth-order valence-corrected chi connectivity index (χ4v) is 2.52. The van der Waals surface area contributed by atoms with Gasteiger partial charge in [-0.3, -0.25) is 4.79 Å². The molecular weight excluding hydrogens is 328 g/mol. The van der Waals surface area contributed by atoms with Crippen molar-refractivity contribution in [1.29, 1.82) is 0 Å². The molecule has 0 bridgehead atoms. The summed E-state index contributed by atoms with van der Waals surface area (Å²) in [6.07, 6.45) is 3.70. The summed E-state index contributed by atoms with van der Waals surface area (Å²) in [5.41, 5.74) is 0.785. The van der Waals surface area contributed by atoms with Crippen LogP contribution in [0.5, 0.6) is 0 Å². The lowest BCUT2D eigenvalue weighted by Gasteiger charge is -2.23. The molecule has 24 heavy (non-hydrogen) atoms. The van der Waals surface area contributed by atoms with E-state index in [1.165, 1.54) is 6.08 Å². The van der Waals surface area contributed by atoms with Crippen molar-refractivity contribution in [3.8, 4) is 0 Å². The number of carbonyl (C=O) groups excluding carboxylic acids is 1. The van der Waals surface area contributed by atoms with Gasteiger partial charge in [0.15, 0.2) is 0 Å². The van der Waals surface area contributed by atoms with Crippen molar-refractivity contribution >= 4 is 17.3 Å². The van der Waals surface area contributed by atoms with E-state index in [-0.39, 0.29) is 22.5 Å². The number of nitrogens with one attached hydrogen (secondary N) is 2. The molecule has 0 saturated carbocycles. The highest BCUT2D eigenvalue weighted by atomic mass is 32.2. The minimum atomic E-state index is -1.09. The summed E-state index contributed by atoms with van der Waals surface area (Å²) in [7, 11) is 0. The van der Waals surface area contributed by atoms with Crippen molar-refractivity contribution in [3.05, 3.63) is 24.0 Å². The van der Waals surface area contributed by atoms with E-state index in [0.29, 0.717) is 25.8 Å². The summed E-state index contributed by atoms with van der Waals surface area (Å²) in [6, 6.07) is -0.266. The van der Waals surface area contributed by atoms with Gasteiger partial charge in [0.05, 0.1) is 12.6 Å². The number of amides is 1. The summed E-state index contributed by atoms with van der Waals surface area (Å²) in [4.78, 5) is 12.0. The van der Waals surface area contributed by atoms with Crippen LogP contribution in [0.3, 0.4) is 0 Å². The van der Waals surface area contributed by atoms with Gasteiger partial charge < -0.3 is 20.1 Å². The largest absolute Gasteiger partial charge is 0.598 e. The summed E-state index contributed by atoms with van der Waals surface area (Å²) >= 11 is -1.09. The van der Waals surface area contributed by atoms with Crippen molar-refractivity contribution < 1.29 is 19.6 Å². The van der Waals surface area contributed by atoms with Crippen LogP contribution in [0, 0.1) is 0 Å². The molecule has 0 heterocycles. The van der Waals surface area contributed by atoms with Gasteiger partial charge in [-0.1, -0.05) is 12.2 Å². The molecule has 6 nitrogen and oxygen atoms in total. The lowest BCUT2D eigenvalue weighted by atomic mass is 10.1. The topological polar surface area (TPSA) is 105 Å². The van der Waals surface area contributed by atoms with E-state index in [9.17, 15) is 14.5 Å². The monoisotopic (exact) mass is 360 g/mol. The third-order valence-corrected chi connectivity index (χ3v) is 4.88. The molecule has 1 amide bonds. The summed E-state index contributed by atoms with van der Waals surface area (Å²) < 4.78 is 14.5. The molecule has 0 aromatic carbocycles. The second kappa shape index (κ2) is 11.5. The number of rotatable bonds is 11. The number of hydrogen-bond donors (Lipinski definition) is 4. The zero-order chi connectivity index (χ0) is 18.8. The van der Waals surface area contributed by atoms with Crippen LogP contribution in [0.1, 0.15) is 53.4 Å². The Bertz CT molecular complexity index is 433. The van der Waals surface area contributed by atoms with E-state index >= 15 is 0 Å². The lowest BCUT2D eigenvalue weighted by molar-refractivity contribution is -0.121. The third kappa shape index (κ3) is 10.7. The molecule has 0 aromatic rings. The van der Waals surface area contributed by atoms with Gasteiger partial charge in [-0.15, -0.1) is 4.72 Å². The lowest BCUT2D eigenvalue weighted by Crippen LogP contribution is -2.39. The molecular formula is C17H32N2O4S. The minimum Gasteiger partial charge on any atom is -0.598 e. The predicted molar refractivity (Wildman–Crippen MR) is 98.9 cm³/mol. The molecule has 7 heteroatoms. The Labute approximate surface area is 148 Å². The fourth-order valence-electron chi connectivity index (χ4n) is 1.76. The molecule has 0 rings (SSSR count). The number of unbranched alkanes of at least 4 members (excludes halogenated alkanes) is 1. The Balaban J connectivity index is 4.08. The van der Waals surface area contributed by atoms with Gasteiger partial charge >= 0.3 is 0 Å². The van der Waals surface area contributed by atoms with Crippen LogP contribution in [0.2, 0.25) is 0 Å². The Morgan fingerprint density at radius 2 is 2.00 bits per heavy atom. The molecule has 0 saturated heterocycles.